The van der Waals surface area contributed by atoms with Gasteiger partial charge in [-0.05, 0) is 67.6 Å². The van der Waals surface area contributed by atoms with E-state index in [1.54, 1.807) is 43.5 Å². The van der Waals surface area contributed by atoms with Crippen molar-refractivity contribution in [3.8, 4) is 5.75 Å². The summed E-state index contributed by atoms with van der Waals surface area (Å²) in [5, 5.41) is 2.63. The number of fused-ring (bicyclic) bond motifs is 5. The minimum absolute atomic E-state index is 0.105. The van der Waals surface area contributed by atoms with Crippen molar-refractivity contribution in [3.63, 3.8) is 0 Å². The number of esters is 1. The van der Waals surface area contributed by atoms with Crippen LogP contribution in [0.2, 0.25) is 0 Å². The van der Waals surface area contributed by atoms with Crippen LogP contribution in [0.25, 0.3) is 0 Å². The Bertz CT molecular complexity index is 1220. The Balaban J connectivity index is 1.23. The third-order valence-electron chi connectivity index (χ3n) is 6.93. The van der Waals surface area contributed by atoms with E-state index in [0.29, 0.717) is 17.1 Å². The number of methoxy groups -OCH3 is 1. The van der Waals surface area contributed by atoms with Gasteiger partial charge in [-0.3, -0.25) is 14.4 Å². The fraction of sp³-hybridized carbons (Fsp3) is 0.308. The molecule has 2 bridgehead atoms. The van der Waals surface area contributed by atoms with E-state index < -0.39 is 18.5 Å². The average Bonchev–Trinajstić information content (AvgIpc) is 3.48. The quantitative estimate of drug-likeness (QED) is 0.404. The van der Waals surface area contributed by atoms with Crippen LogP contribution < -0.4 is 15.0 Å². The molecule has 0 unspecified atom stereocenters. The highest BCUT2D eigenvalue weighted by molar-refractivity contribution is 6.23. The lowest BCUT2D eigenvalue weighted by Crippen LogP contribution is -2.33. The molecule has 0 aromatic heterocycles. The highest BCUT2D eigenvalue weighted by atomic mass is 16.5. The fourth-order valence-corrected chi connectivity index (χ4v) is 5.39. The van der Waals surface area contributed by atoms with E-state index in [2.05, 4.69) is 11.4 Å². The summed E-state index contributed by atoms with van der Waals surface area (Å²) in [6, 6.07) is 12.9. The summed E-state index contributed by atoms with van der Waals surface area (Å²) >= 11 is 0. The number of nitrogens with zero attached hydrogens (tertiary/aromatic N) is 1. The largest absolute Gasteiger partial charge is 0.497 e. The van der Waals surface area contributed by atoms with Gasteiger partial charge in [0.2, 0.25) is 11.8 Å². The van der Waals surface area contributed by atoms with Crippen molar-refractivity contribution in [2.45, 2.75) is 13.3 Å². The molecule has 1 saturated heterocycles. The van der Waals surface area contributed by atoms with Gasteiger partial charge < -0.3 is 14.8 Å². The van der Waals surface area contributed by atoms with Gasteiger partial charge in [-0.2, -0.15) is 0 Å². The number of hydrogen-bond acceptors (Lipinski definition) is 6. The number of imide groups is 1. The highest BCUT2D eigenvalue weighted by Gasteiger charge is 2.60. The molecule has 1 saturated carbocycles. The number of nitrogens with one attached hydrogen (secondary N) is 1. The van der Waals surface area contributed by atoms with Gasteiger partial charge >= 0.3 is 5.97 Å². The number of amides is 3. The zero-order valence-electron chi connectivity index (χ0n) is 18.8. The second kappa shape index (κ2) is 8.44. The molecule has 2 aromatic carbocycles. The lowest BCUT2D eigenvalue weighted by Gasteiger charge is -2.19. The topological polar surface area (TPSA) is 102 Å². The minimum atomic E-state index is -0.719. The summed E-state index contributed by atoms with van der Waals surface area (Å²) in [5.74, 6) is -1.40. The minimum Gasteiger partial charge on any atom is -0.497 e. The van der Waals surface area contributed by atoms with E-state index in [4.69, 9.17) is 9.47 Å². The molecule has 0 radical (unpaired) electrons. The maximum absolute atomic E-state index is 13.1. The summed E-state index contributed by atoms with van der Waals surface area (Å²) in [4.78, 5) is 52.2. The first-order chi connectivity index (χ1) is 16.4. The predicted octanol–water partition coefficient (Wildman–Crippen LogP) is 3.19. The van der Waals surface area contributed by atoms with Gasteiger partial charge in [0.15, 0.2) is 6.61 Å². The maximum Gasteiger partial charge on any atom is 0.338 e. The molecule has 8 nitrogen and oxygen atoms in total. The van der Waals surface area contributed by atoms with Gasteiger partial charge in [0, 0.05) is 5.69 Å². The molecule has 1 heterocycles. The van der Waals surface area contributed by atoms with Crippen molar-refractivity contribution in [2.75, 3.05) is 23.9 Å². The number of anilines is 2. The smallest absolute Gasteiger partial charge is 0.338 e. The molecule has 2 aliphatic carbocycles. The number of carbonyl (C=O) groups excluding carboxylic acids is 4. The standard InChI is InChI=1S/C26H24N2O6/c1-14-10-16-12-20(14)23-22(16)24(30)28(25(23)31)18-5-3-4-15(11-18)26(32)34-13-21(29)27-17-6-8-19(33-2)9-7-17/h3-11,16,20,22-23H,12-13H2,1-2H3,(H,27,29)/t16-,20+,22-,23-/m0/s1. The van der Waals surface area contributed by atoms with Gasteiger partial charge in [-0.15, -0.1) is 0 Å². The number of allylic oxidation sites excluding steroid dienone is 2. The number of rotatable bonds is 6. The first-order valence-electron chi connectivity index (χ1n) is 11.1. The van der Waals surface area contributed by atoms with Crippen molar-refractivity contribution in [2.24, 2.45) is 23.7 Å². The van der Waals surface area contributed by atoms with Crippen molar-refractivity contribution in [3.05, 3.63) is 65.7 Å². The maximum atomic E-state index is 13.1. The summed E-state index contributed by atoms with van der Waals surface area (Å²) in [5.41, 5.74) is 2.22. The average molecular weight is 460 g/mol. The first kappa shape index (κ1) is 21.9. The predicted molar refractivity (Wildman–Crippen MR) is 123 cm³/mol. The third-order valence-corrected chi connectivity index (χ3v) is 6.93. The van der Waals surface area contributed by atoms with Crippen LogP contribution >= 0.6 is 0 Å². The second-order valence-electron chi connectivity index (χ2n) is 8.88. The van der Waals surface area contributed by atoms with Crippen molar-refractivity contribution in [1.29, 1.82) is 0 Å². The molecule has 1 aliphatic heterocycles. The van der Waals surface area contributed by atoms with E-state index in [0.717, 1.165) is 6.42 Å². The Morgan fingerprint density at radius 3 is 2.53 bits per heavy atom. The zero-order chi connectivity index (χ0) is 24.0. The molecule has 8 heteroatoms. The molecule has 5 rings (SSSR count). The van der Waals surface area contributed by atoms with E-state index in [-0.39, 0.29) is 41.0 Å². The van der Waals surface area contributed by atoms with Crippen LogP contribution in [0, 0.1) is 23.7 Å². The van der Waals surface area contributed by atoms with Gasteiger partial charge in [0.1, 0.15) is 5.75 Å². The van der Waals surface area contributed by atoms with Gasteiger partial charge in [-0.1, -0.05) is 17.7 Å². The number of ether oxygens (including phenoxy) is 2. The second-order valence-corrected chi connectivity index (χ2v) is 8.88. The van der Waals surface area contributed by atoms with Crippen LogP contribution in [0.4, 0.5) is 11.4 Å². The van der Waals surface area contributed by atoms with E-state index in [9.17, 15) is 19.2 Å². The summed E-state index contributed by atoms with van der Waals surface area (Å²) in [6.45, 7) is 1.54. The van der Waals surface area contributed by atoms with Gasteiger partial charge in [0.05, 0.1) is 30.2 Å². The zero-order valence-corrected chi connectivity index (χ0v) is 18.8. The number of benzene rings is 2. The number of hydrogen-bond donors (Lipinski definition) is 1. The summed E-state index contributed by atoms with van der Waals surface area (Å²) in [6.07, 6.45) is 2.97. The number of carbonyl (C=O) groups is 4. The van der Waals surface area contributed by atoms with Crippen LogP contribution in [0.5, 0.6) is 5.75 Å². The van der Waals surface area contributed by atoms with Crippen LogP contribution in [0.1, 0.15) is 23.7 Å². The SMILES string of the molecule is COc1ccc(NC(=O)COC(=O)c2cccc(N3C(=O)[C@@H]4[C@@H](C3=O)[C@H]3C=C(C)[C@H]4C3)c2)cc1. The Hall–Kier alpha value is -3.94. The van der Waals surface area contributed by atoms with E-state index in [1.807, 2.05) is 6.92 Å². The summed E-state index contributed by atoms with van der Waals surface area (Å²) < 4.78 is 10.2. The molecule has 3 aliphatic rings. The molecule has 3 amide bonds. The Labute approximate surface area is 196 Å². The summed E-state index contributed by atoms with van der Waals surface area (Å²) in [7, 11) is 1.55. The molecular weight excluding hydrogens is 436 g/mol. The monoisotopic (exact) mass is 460 g/mol. The lowest BCUT2D eigenvalue weighted by molar-refractivity contribution is -0.123. The fourth-order valence-electron chi connectivity index (χ4n) is 5.39. The van der Waals surface area contributed by atoms with Gasteiger partial charge in [0.25, 0.3) is 5.91 Å². The highest BCUT2D eigenvalue weighted by Crippen LogP contribution is 2.55. The van der Waals surface area contributed by atoms with Crippen molar-refractivity contribution < 1.29 is 28.7 Å². The Morgan fingerprint density at radius 2 is 1.79 bits per heavy atom. The molecule has 0 spiro atoms. The van der Waals surface area contributed by atoms with E-state index >= 15 is 0 Å². The third kappa shape index (κ3) is 3.65. The molecule has 2 aromatic rings. The molecule has 4 atom stereocenters. The molecule has 2 fully saturated rings. The lowest BCUT2D eigenvalue weighted by atomic mass is 9.82. The first-order valence-corrected chi connectivity index (χ1v) is 11.1. The molecule has 34 heavy (non-hydrogen) atoms. The van der Waals surface area contributed by atoms with Crippen molar-refractivity contribution >= 4 is 35.1 Å². The van der Waals surface area contributed by atoms with Crippen LogP contribution in [0.15, 0.2) is 60.2 Å². The normalized spacial score (nSPS) is 24.6. The van der Waals surface area contributed by atoms with Crippen molar-refractivity contribution in [1.82, 2.24) is 0 Å². The molecule has 174 valence electrons. The Kier molecular flexibility index (Phi) is 5.43. The Morgan fingerprint density at radius 1 is 1.06 bits per heavy atom. The van der Waals surface area contributed by atoms with Crippen LogP contribution in [-0.2, 0) is 19.1 Å². The van der Waals surface area contributed by atoms with Crippen LogP contribution in [0.3, 0.4) is 0 Å². The molecule has 1 N–H and O–H groups in total. The van der Waals surface area contributed by atoms with E-state index in [1.165, 1.54) is 22.6 Å². The molecular formula is C26H24N2O6. The van der Waals surface area contributed by atoms with Gasteiger partial charge in [-0.25, -0.2) is 9.69 Å². The van der Waals surface area contributed by atoms with Crippen LogP contribution in [-0.4, -0.2) is 37.4 Å².